The van der Waals surface area contributed by atoms with Gasteiger partial charge in [0.25, 0.3) is 5.91 Å². The fourth-order valence-electron chi connectivity index (χ4n) is 1.95. The van der Waals surface area contributed by atoms with Crippen molar-refractivity contribution in [2.75, 3.05) is 16.9 Å². The summed E-state index contributed by atoms with van der Waals surface area (Å²) in [5, 5.41) is 0.621. The Labute approximate surface area is 127 Å². The minimum atomic E-state index is -0.0775. The van der Waals surface area contributed by atoms with Crippen molar-refractivity contribution in [3.05, 3.63) is 33.7 Å². The Morgan fingerprint density at radius 3 is 3.15 bits per heavy atom. The highest BCUT2D eigenvalue weighted by atomic mass is 79.9. The number of nitrogens with two attached hydrogens (primary N) is 1. The topological polar surface area (TPSA) is 80.5 Å². The van der Waals surface area contributed by atoms with Gasteiger partial charge in [-0.25, -0.2) is 10.8 Å². The Hall–Kier alpha value is -1.64. The first-order valence-electron chi connectivity index (χ1n) is 5.81. The van der Waals surface area contributed by atoms with E-state index in [1.54, 1.807) is 11.1 Å². The molecule has 6 nitrogen and oxygen atoms in total. The van der Waals surface area contributed by atoms with Crippen LogP contribution in [0.1, 0.15) is 4.88 Å². The number of halogens is 1. The molecule has 1 aromatic carbocycles. The molecule has 0 atom stereocenters. The van der Waals surface area contributed by atoms with Crippen LogP contribution in [-0.4, -0.2) is 17.5 Å². The molecule has 1 aliphatic heterocycles. The first-order valence-corrected chi connectivity index (χ1v) is 7.42. The number of rotatable bonds is 3. The number of fused-ring (bicyclic) bond motifs is 1. The van der Waals surface area contributed by atoms with E-state index in [1.807, 2.05) is 18.2 Å². The Balaban J connectivity index is 1.92. The molecule has 8 heteroatoms. The van der Waals surface area contributed by atoms with E-state index in [4.69, 9.17) is 10.6 Å². The Morgan fingerprint density at radius 2 is 2.40 bits per heavy atom. The van der Waals surface area contributed by atoms with Gasteiger partial charge in [-0.1, -0.05) is 27.3 Å². The van der Waals surface area contributed by atoms with Crippen molar-refractivity contribution < 1.29 is 9.53 Å². The number of hydrogen-bond acceptors (Lipinski definition) is 6. The molecule has 2 aromatic rings. The van der Waals surface area contributed by atoms with E-state index >= 15 is 0 Å². The molecule has 0 fully saturated rings. The third kappa shape index (κ3) is 2.49. The molecule has 0 spiro atoms. The quantitative estimate of drug-likeness (QED) is 0.651. The van der Waals surface area contributed by atoms with E-state index in [0.29, 0.717) is 17.4 Å². The molecular weight excluding hydrogens is 344 g/mol. The number of anilines is 2. The van der Waals surface area contributed by atoms with Gasteiger partial charge in [-0.15, -0.1) is 0 Å². The second kappa shape index (κ2) is 5.39. The lowest BCUT2D eigenvalue weighted by Gasteiger charge is -2.29. The summed E-state index contributed by atoms with van der Waals surface area (Å²) in [7, 11) is 0. The molecule has 3 N–H and O–H groups in total. The number of hydrogen-bond donors (Lipinski definition) is 2. The van der Waals surface area contributed by atoms with Crippen LogP contribution in [0.5, 0.6) is 5.75 Å². The van der Waals surface area contributed by atoms with Crippen molar-refractivity contribution in [3.63, 3.8) is 0 Å². The van der Waals surface area contributed by atoms with Crippen molar-refractivity contribution in [1.82, 2.24) is 4.98 Å². The third-order valence-corrected chi connectivity index (χ3v) is 4.26. The van der Waals surface area contributed by atoms with Gasteiger partial charge in [0.2, 0.25) is 0 Å². The van der Waals surface area contributed by atoms with Crippen LogP contribution in [0.25, 0.3) is 0 Å². The molecule has 2 heterocycles. The van der Waals surface area contributed by atoms with Gasteiger partial charge in [-0.05, 0) is 18.2 Å². The fraction of sp³-hybridized carbons (Fsp3) is 0.167. The SMILES string of the molecule is NNc1ncc(CN2C(=O)COc3ccc(Br)cc32)s1. The monoisotopic (exact) mass is 354 g/mol. The molecule has 104 valence electrons. The summed E-state index contributed by atoms with van der Waals surface area (Å²) in [4.78, 5) is 18.8. The summed E-state index contributed by atoms with van der Waals surface area (Å²) < 4.78 is 6.32. The third-order valence-electron chi connectivity index (χ3n) is 2.85. The summed E-state index contributed by atoms with van der Waals surface area (Å²) in [6.07, 6.45) is 1.71. The Bertz CT molecular complexity index is 661. The number of thiazole rings is 1. The minimum absolute atomic E-state index is 0.0510. The Kier molecular flexibility index (Phi) is 3.60. The Morgan fingerprint density at radius 1 is 1.55 bits per heavy atom. The van der Waals surface area contributed by atoms with Crippen LogP contribution in [0.15, 0.2) is 28.9 Å². The first-order chi connectivity index (χ1) is 9.67. The molecule has 3 rings (SSSR count). The molecule has 0 aliphatic carbocycles. The van der Waals surface area contributed by atoms with Crippen LogP contribution in [-0.2, 0) is 11.3 Å². The highest BCUT2D eigenvalue weighted by Gasteiger charge is 2.26. The maximum absolute atomic E-state index is 12.1. The molecule has 0 bridgehead atoms. The summed E-state index contributed by atoms with van der Waals surface area (Å²) in [6, 6.07) is 5.60. The minimum Gasteiger partial charge on any atom is -0.482 e. The zero-order valence-corrected chi connectivity index (χ0v) is 12.7. The van der Waals surface area contributed by atoms with Crippen LogP contribution < -0.4 is 20.9 Å². The van der Waals surface area contributed by atoms with E-state index < -0.39 is 0 Å². The summed E-state index contributed by atoms with van der Waals surface area (Å²) in [6.45, 7) is 0.500. The lowest BCUT2D eigenvalue weighted by atomic mass is 10.2. The summed E-state index contributed by atoms with van der Waals surface area (Å²) >= 11 is 4.82. The predicted molar refractivity (Wildman–Crippen MR) is 80.8 cm³/mol. The molecule has 0 saturated heterocycles. The molecule has 1 aromatic heterocycles. The molecule has 1 amide bonds. The molecule has 0 saturated carbocycles. The van der Waals surface area contributed by atoms with Crippen LogP contribution >= 0.6 is 27.3 Å². The number of hydrazine groups is 1. The lowest BCUT2D eigenvalue weighted by molar-refractivity contribution is -0.121. The van der Waals surface area contributed by atoms with E-state index in [1.165, 1.54) is 11.3 Å². The zero-order chi connectivity index (χ0) is 14.1. The lowest BCUT2D eigenvalue weighted by Crippen LogP contribution is -2.38. The maximum Gasteiger partial charge on any atom is 0.265 e. The predicted octanol–water partition coefficient (Wildman–Crippen LogP) is 2.12. The standard InChI is InChI=1S/C12H11BrN4O2S/c13-7-1-2-10-9(3-7)17(11(18)6-19-10)5-8-4-15-12(16-14)20-8/h1-4H,5-6,14H2,(H,15,16). The van der Waals surface area contributed by atoms with E-state index in [0.717, 1.165) is 15.0 Å². The normalized spacial score (nSPS) is 13.9. The number of benzene rings is 1. The molecule has 0 unspecified atom stereocenters. The van der Waals surface area contributed by atoms with Crippen molar-refractivity contribution >= 4 is 44.0 Å². The number of carbonyl (C=O) groups is 1. The molecular formula is C12H11BrN4O2S. The molecule has 0 radical (unpaired) electrons. The van der Waals surface area contributed by atoms with Gasteiger partial charge >= 0.3 is 0 Å². The smallest absolute Gasteiger partial charge is 0.265 e. The van der Waals surface area contributed by atoms with E-state index in [-0.39, 0.29) is 12.5 Å². The zero-order valence-electron chi connectivity index (χ0n) is 10.3. The van der Waals surface area contributed by atoms with Crippen LogP contribution in [0.4, 0.5) is 10.8 Å². The van der Waals surface area contributed by atoms with Crippen molar-refractivity contribution in [1.29, 1.82) is 0 Å². The van der Waals surface area contributed by atoms with Crippen LogP contribution in [0, 0.1) is 0 Å². The van der Waals surface area contributed by atoms with Gasteiger partial charge in [0.05, 0.1) is 12.2 Å². The molecule has 20 heavy (non-hydrogen) atoms. The summed E-state index contributed by atoms with van der Waals surface area (Å²) in [5.41, 5.74) is 3.25. The first kappa shape index (κ1) is 13.3. The average Bonchev–Trinajstić information content (AvgIpc) is 2.90. The van der Waals surface area contributed by atoms with E-state index in [9.17, 15) is 4.79 Å². The van der Waals surface area contributed by atoms with Crippen molar-refractivity contribution in [2.45, 2.75) is 6.54 Å². The maximum atomic E-state index is 12.1. The van der Waals surface area contributed by atoms with E-state index in [2.05, 4.69) is 26.3 Å². The number of nitrogen functional groups attached to an aromatic ring is 1. The van der Waals surface area contributed by atoms with Crippen LogP contribution in [0.3, 0.4) is 0 Å². The summed E-state index contributed by atoms with van der Waals surface area (Å²) in [5.74, 6) is 5.94. The van der Waals surface area contributed by atoms with Crippen molar-refractivity contribution in [2.24, 2.45) is 5.84 Å². The van der Waals surface area contributed by atoms with Crippen LogP contribution in [0.2, 0.25) is 0 Å². The number of amides is 1. The van der Waals surface area contributed by atoms with Gasteiger partial charge < -0.3 is 9.64 Å². The number of aromatic nitrogens is 1. The largest absolute Gasteiger partial charge is 0.482 e. The molecule has 1 aliphatic rings. The second-order valence-corrected chi connectivity index (χ2v) is 6.19. The second-order valence-electron chi connectivity index (χ2n) is 4.16. The van der Waals surface area contributed by atoms with Crippen molar-refractivity contribution in [3.8, 4) is 5.75 Å². The number of nitrogens with one attached hydrogen (secondary N) is 1. The highest BCUT2D eigenvalue weighted by Crippen LogP contribution is 2.36. The fourth-order valence-corrected chi connectivity index (χ4v) is 3.01. The van der Waals surface area contributed by atoms with Gasteiger partial charge in [-0.2, -0.15) is 0 Å². The van der Waals surface area contributed by atoms with Gasteiger partial charge in [0.15, 0.2) is 11.7 Å². The van der Waals surface area contributed by atoms with Gasteiger partial charge in [-0.3, -0.25) is 10.2 Å². The number of ether oxygens (including phenoxy) is 1. The number of nitrogens with zero attached hydrogens (tertiary/aromatic N) is 2. The average molecular weight is 355 g/mol. The van der Waals surface area contributed by atoms with Gasteiger partial charge in [0, 0.05) is 15.5 Å². The van der Waals surface area contributed by atoms with Gasteiger partial charge in [0.1, 0.15) is 5.75 Å². The highest BCUT2D eigenvalue weighted by molar-refractivity contribution is 9.10. The number of carbonyl (C=O) groups excluding carboxylic acids is 1.